The lowest BCUT2D eigenvalue weighted by atomic mass is 9.90. The number of para-hydroxylation sites is 1. The molecule has 1 aromatic heterocycles. The second-order valence-corrected chi connectivity index (χ2v) is 7.25. The number of aryl methyl sites for hydroxylation is 1. The first-order valence-electron chi connectivity index (χ1n) is 8.13. The molecular weight excluding hydrogens is 270 g/mol. The maximum absolute atomic E-state index is 4.58. The van der Waals surface area contributed by atoms with Gasteiger partial charge in [0, 0.05) is 18.9 Å². The molecule has 0 atom stereocenters. The lowest BCUT2D eigenvalue weighted by Gasteiger charge is -2.30. The molecule has 2 rings (SSSR count). The molecule has 3 nitrogen and oxygen atoms in total. The molecule has 3 heteroatoms. The Bertz CT molecular complexity index is 610. The lowest BCUT2D eigenvalue weighted by molar-refractivity contribution is 0.566. The second-order valence-electron chi connectivity index (χ2n) is 7.25. The third-order valence-electron chi connectivity index (χ3n) is 4.16. The van der Waals surface area contributed by atoms with Gasteiger partial charge >= 0.3 is 0 Å². The summed E-state index contributed by atoms with van der Waals surface area (Å²) in [5.41, 5.74) is 4.85. The highest BCUT2D eigenvalue weighted by Gasteiger charge is 2.26. The molecule has 0 saturated carbocycles. The Morgan fingerprint density at radius 2 is 1.55 bits per heavy atom. The van der Waals surface area contributed by atoms with Crippen molar-refractivity contribution < 1.29 is 0 Å². The SMILES string of the molecule is CC(C)c1cccc(C(C)C)c1NC(C)(C)c1ccn(C)n1. The number of rotatable bonds is 5. The van der Waals surface area contributed by atoms with E-state index >= 15 is 0 Å². The predicted molar refractivity (Wildman–Crippen MR) is 94.5 cm³/mol. The van der Waals surface area contributed by atoms with Crippen LogP contribution in [0, 0.1) is 0 Å². The van der Waals surface area contributed by atoms with Gasteiger partial charge < -0.3 is 5.32 Å². The first-order chi connectivity index (χ1) is 10.2. The van der Waals surface area contributed by atoms with Crippen molar-refractivity contribution in [2.45, 2.75) is 58.9 Å². The van der Waals surface area contributed by atoms with Crippen LogP contribution >= 0.6 is 0 Å². The van der Waals surface area contributed by atoms with E-state index in [1.165, 1.54) is 16.8 Å². The van der Waals surface area contributed by atoms with Crippen LogP contribution in [-0.4, -0.2) is 9.78 Å². The van der Waals surface area contributed by atoms with Crippen LogP contribution in [0.2, 0.25) is 0 Å². The van der Waals surface area contributed by atoms with Gasteiger partial charge in [0.05, 0.1) is 11.2 Å². The molecule has 1 heterocycles. The Morgan fingerprint density at radius 1 is 1.00 bits per heavy atom. The normalized spacial score (nSPS) is 12.2. The molecule has 0 unspecified atom stereocenters. The Labute approximate surface area is 134 Å². The molecule has 0 saturated heterocycles. The summed E-state index contributed by atoms with van der Waals surface area (Å²) in [6, 6.07) is 8.71. The van der Waals surface area contributed by atoms with Crippen molar-refractivity contribution in [3.05, 3.63) is 47.3 Å². The number of nitrogens with zero attached hydrogens (tertiary/aromatic N) is 2. The van der Waals surface area contributed by atoms with Gasteiger partial charge in [-0.1, -0.05) is 45.9 Å². The van der Waals surface area contributed by atoms with Crippen LogP contribution in [0.25, 0.3) is 0 Å². The summed E-state index contributed by atoms with van der Waals surface area (Å²) in [6.45, 7) is 13.4. The Hall–Kier alpha value is -1.77. The van der Waals surface area contributed by atoms with Crippen LogP contribution in [0.1, 0.15) is 70.2 Å². The topological polar surface area (TPSA) is 29.9 Å². The van der Waals surface area contributed by atoms with E-state index in [0.29, 0.717) is 11.8 Å². The molecule has 120 valence electrons. The molecule has 1 N–H and O–H groups in total. The summed E-state index contributed by atoms with van der Waals surface area (Å²) in [6.07, 6.45) is 2.00. The first kappa shape index (κ1) is 16.6. The largest absolute Gasteiger partial charge is 0.374 e. The Kier molecular flexibility index (Phi) is 4.64. The maximum Gasteiger partial charge on any atom is 0.0872 e. The molecular formula is C19H29N3. The van der Waals surface area contributed by atoms with Gasteiger partial charge in [0.25, 0.3) is 0 Å². The van der Waals surface area contributed by atoms with E-state index in [2.05, 4.69) is 76.2 Å². The molecule has 22 heavy (non-hydrogen) atoms. The van der Waals surface area contributed by atoms with Crippen LogP contribution < -0.4 is 5.32 Å². The number of benzene rings is 1. The minimum absolute atomic E-state index is 0.212. The fourth-order valence-corrected chi connectivity index (χ4v) is 2.82. The zero-order valence-electron chi connectivity index (χ0n) is 14.9. The zero-order chi connectivity index (χ0) is 16.5. The minimum atomic E-state index is -0.212. The van der Waals surface area contributed by atoms with Gasteiger partial charge in [0.1, 0.15) is 0 Å². The zero-order valence-corrected chi connectivity index (χ0v) is 14.9. The van der Waals surface area contributed by atoms with Crippen molar-refractivity contribution in [2.75, 3.05) is 5.32 Å². The van der Waals surface area contributed by atoms with Crippen molar-refractivity contribution in [1.29, 1.82) is 0 Å². The molecule has 0 bridgehead atoms. The monoisotopic (exact) mass is 299 g/mol. The third-order valence-corrected chi connectivity index (χ3v) is 4.16. The number of anilines is 1. The highest BCUT2D eigenvalue weighted by Crippen LogP contribution is 2.36. The molecule has 0 spiro atoms. The average molecular weight is 299 g/mol. The number of hydrogen-bond acceptors (Lipinski definition) is 2. The maximum atomic E-state index is 4.58. The van der Waals surface area contributed by atoms with Crippen molar-refractivity contribution in [2.24, 2.45) is 7.05 Å². The van der Waals surface area contributed by atoms with Gasteiger partial charge in [-0.15, -0.1) is 0 Å². The highest BCUT2D eigenvalue weighted by atomic mass is 15.3. The minimum Gasteiger partial charge on any atom is -0.374 e. The fraction of sp³-hybridized carbons (Fsp3) is 0.526. The first-order valence-corrected chi connectivity index (χ1v) is 8.13. The third kappa shape index (κ3) is 3.34. The molecule has 0 amide bonds. The van der Waals surface area contributed by atoms with E-state index in [-0.39, 0.29) is 5.54 Å². The smallest absolute Gasteiger partial charge is 0.0872 e. The summed E-state index contributed by atoms with van der Waals surface area (Å²) < 4.78 is 1.86. The van der Waals surface area contributed by atoms with Crippen molar-refractivity contribution >= 4 is 5.69 Å². The summed E-state index contributed by atoms with van der Waals surface area (Å²) >= 11 is 0. The summed E-state index contributed by atoms with van der Waals surface area (Å²) in [7, 11) is 1.96. The van der Waals surface area contributed by atoms with E-state index in [1.54, 1.807) is 0 Å². The molecule has 0 radical (unpaired) electrons. The molecule has 1 aromatic carbocycles. The standard InChI is InChI=1S/C19H29N3/c1-13(2)15-9-8-10-16(14(3)4)18(15)20-19(5,6)17-11-12-22(7)21-17/h8-14,20H,1-7H3. The van der Waals surface area contributed by atoms with E-state index in [0.717, 1.165) is 5.69 Å². The van der Waals surface area contributed by atoms with Gasteiger partial charge in [-0.3, -0.25) is 4.68 Å². The van der Waals surface area contributed by atoms with Crippen molar-refractivity contribution in [3.8, 4) is 0 Å². The quantitative estimate of drug-likeness (QED) is 0.840. The van der Waals surface area contributed by atoms with Crippen LogP contribution in [0.3, 0.4) is 0 Å². The van der Waals surface area contributed by atoms with Gasteiger partial charge in [0.15, 0.2) is 0 Å². The van der Waals surface area contributed by atoms with Gasteiger partial charge in [-0.25, -0.2) is 0 Å². The predicted octanol–water partition coefficient (Wildman–Crippen LogP) is 5.01. The van der Waals surface area contributed by atoms with E-state index in [9.17, 15) is 0 Å². The number of nitrogens with one attached hydrogen (secondary N) is 1. The van der Waals surface area contributed by atoms with Gasteiger partial charge in [-0.2, -0.15) is 5.10 Å². The molecule has 0 fully saturated rings. The molecule has 0 aliphatic rings. The number of hydrogen-bond donors (Lipinski definition) is 1. The summed E-state index contributed by atoms with van der Waals surface area (Å²) in [5, 5.41) is 8.35. The fourth-order valence-electron chi connectivity index (χ4n) is 2.82. The van der Waals surface area contributed by atoms with Gasteiger partial charge in [-0.05, 0) is 42.9 Å². The van der Waals surface area contributed by atoms with Crippen LogP contribution in [0.4, 0.5) is 5.69 Å². The number of aromatic nitrogens is 2. The molecule has 0 aliphatic carbocycles. The summed E-state index contributed by atoms with van der Waals surface area (Å²) in [5.74, 6) is 0.974. The molecule has 2 aromatic rings. The van der Waals surface area contributed by atoms with Crippen LogP contribution in [-0.2, 0) is 12.6 Å². The Morgan fingerprint density at radius 3 is 1.95 bits per heavy atom. The van der Waals surface area contributed by atoms with Crippen molar-refractivity contribution in [1.82, 2.24) is 9.78 Å². The van der Waals surface area contributed by atoms with E-state index < -0.39 is 0 Å². The lowest BCUT2D eigenvalue weighted by Crippen LogP contribution is -2.30. The van der Waals surface area contributed by atoms with E-state index in [4.69, 9.17) is 0 Å². The van der Waals surface area contributed by atoms with Gasteiger partial charge in [0.2, 0.25) is 0 Å². The average Bonchev–Trinajstić information content (AvgIpc) is 2.85. The Balaban J connectivity index is 2.47. The van der Waals surface area contributed by atoms with E-state index in [1.807, 2.05) is 17.9 Å². The van der Waals surface area contributed by atoms with Crippen LogP contribution in [0.5, 0.6) is 0 Å². The van der Waals surface area contributed by atoms with Crippen LogP contribution in [0.15, 0.2) is 30.5 Å². The second kappa shape index (κ2) is 6.15. The highest BCUT2D eigenvalue weighted by molar-refractivity contribution is 5.61. The molecule has 0 aliphatic heterocycles. The summed E-state index contributed by atoms with van der Waals surface area (Å²) in [4.78, 5) is 0. The van der Waals surface area contributed by atoms with Crippen molar-refractivity contribution in [3.63, 3.8) is 0 Å².